The molecule has 1 aromatic heterocycles. The van der Waals surface area contributed by atoms with Gasteiger partial charge in [-0.25, -0.2) is 0 Å². The Morgan fingerprint density at radius 2 is 1.92 bits per heavy atom. The summed E-state index contributed by atoms with van der Waals surface area (Å²) in [5.74, 6) is 0.492. The van der Waals surface area contributed by atoms with Gasteiger partial charge in [0.25, 0.3) is 5.91 Å². The Morgan fingerprint density at radius 1 is 1.23 bits per heavy atom. The fourth-order valence-corrected chi connectivity index (χ4v) is 3.65. The molecule has 26 heavy (non-hydrogen) atoms. The molecule has 0 saturated heterocycles. The van der Waals surface area contributed by atoms with Crippen molar-refractivity contribution in [2.75, 3.05) is 19.5 Å². The Kier molecular flexibility index (Phi) is 5.09. The first-order valence-electron chi connectivity index (χ1n) is 7.85. The van der Waals surface area contributed by atoms with Crippen LogP contribution in [0, 0.1) is 0 Å². The lowest BCUT2D eigenvalue weighted by Crippen LogP contribution is -2.14. The molecule has 1 N–H and O–H groups in total. The molecule has 0 aliphatic carbocycles. The fraction of sp³-hybridized carbons (Fsp3) is 0.158. The second kappa shape index (κ2) is 7.45. The lowest BCUT2D eigenvalue weighted by molar-refractivity contribution is 0.102. The van der Waals surface area contributed by atoms with Gasteiger partial charge >= 0.3 is 4.87 Å². The molecule has 0 saturated carbocycles. The van der Waals surface area contributed by atoms with Gasteiger partial charge in [0.05, 0.1) is 24.4 Å². The van der Waals surface area contributed by atoms with Crippen molar-refractivity contribution in [3.63, 3.8) is 0 Å². The summed E-state index contributed by atoms with van der Waals surface area (Å²) in [5.41, 5.74) is 1.71. The number of fused-ring (bicyclic) bond motifs is 1. The third-order valence-corrected chi connectivity index (χ3v) is 4.83. The highest BCUT2D eigenvalue weighted by atomic mass is 32.1. The lowest BCUT2D eigenvalue weighted by Gasteiger charge is -2.13. The van der Waals surface area contributed by atoms with Crippen LogP contribution in [0.2, 0.25) is 0 Å². The molecule has 7 heteroatoms. The number of anilines is 1. The quantitative estimate of drug-likeness (QED) is 0.674. The zero-order valence-corrected chi connectivity index (χ0v) is 15.3. The zero-order chi connectivity index (χ0) is 18.7. The summed E-state index contributed by atoms with van der Waals surface area (Å²) in [6.07, 6.45) is 1.68. The van der Waals surface area contributed by atoms with Crippen molar-refractivity contribution in [1.29, 1.82) is 0 Å². The largest absolute Gasteiger partial charge is 0.496 e. The summed E-state index contributed by atoms with van der Waals surface area (Å²) in [6.45, 7) is 4.12. The molecule has 0 radical (unpaired) electrons. The molecule has 0 aliphatic rings. The average molecular weight is 370 g/mol. The van der Waals surface area contributed by atoms with Crippen LogP contribution in [-0.4, -0.2) is 24.7 Å². The van der Waals surface area contributed by atoms with E-state index in [0.29, 0.717) is 29.3 Å². The number of aromatic nitrogens is 1. The van der Waals surface area contributed by atoms with Crippen LogP contribution < -0.4 is 19.7 Å². The number of carbonyl (C=O) groups is 1. The third-order valence-electron chi connectivity index (χ3n) is 3.89. The maximum Gasteiger partial charge on any atom is 0.308 e. The molecule has 6 nitrogen and oxygen atoms in total. The molecule has 134 valence electrons. The SMILES string of the molecule is C=CCn1c(=O)sc2cc(NC(=O)c3c(OC)cccc3OC)ccc21. The van der Waals surface area contributed by atoms with Crippen LogP contribution in [0.25, 0.3) is 10.2 Å². The van der Waals surface area contributed by atoms with Crippen molar-refractivity contribution < 1.29 is 14.3 Å². The number of allylic oxidation sites excluding steroid dienone is 1. The number of thiazole rings is 1. The standard InChI is InChI=1S/C19H18N2O4S/c1-4-10-21-13-9-8-12(11-16(13)26-19(21)23)20-18(22)17-14(24-2)6-5-7-15(17)25-3/h4-9,11H,1,10H2,2-3H3,(H,20,22). The summed E-state index contributed by atoms with van der Waals surface area (Å²) in [5, 5.41) is 2.84. The smallest absolute Gasteiger partial charge is 0.308 e. The Bertz CT molecular complexity index is 1010. The third kappa shape index (κ3) is 3.21. The Labute approximate surface area is 154 Å². The number of methoxy groups -OCH3 is 2. The first kappa shape index (κ1) is 17.8. The maximum atomic E-state index is 12.7. The van der Waals surface area contributed by atoms with Crippen molar-refractivity contribution in [2.24, 2.45) is 0 Å². The van der Waals surface area contributed by atoms with E-state index < -0.39 is 0 Å². The van der Waals surface area contributed by atoms with Crippen LogP contribution in [0.5, 0.6) is 11.5 Å². The van der Waals surface area contributed by atoms with Crippen LogP contribution in [-0.2, 0) is 6.54 Å². The Balaban J connectivity index is 1.96. The molecular formula is C19H18N2O4S. The highest BCUT2D eigenvalue weighted by Crippen LogP contribution is 2.29. The second-order valence-corrected chi connectivity index (χ2v) is 6.43. The molecule has 2 aromatic carbocycles. The van der Waals surface area contributed by atoms with E-state index >= 15 is 0 Å². The molecule has 0 bridgehead atoms. The molecule has 3 rings (SSSR count). The van der Waals surface area contributed by atoms with Gasteiger partial charge < -0.3 is 14.8 Å². The first-order valence-corrected chi connectivity index (χ1v) is 8.67. The van der Waals surface area contributed by atoms with E-state index in [-0.39, 0.29) is 10.8 Å². The summed E-state index contributed by atoms with van der Waals surface area (Å²) < 4.78 is 13.0. The molecule has 1 amide bonds. The molecule has 0 atom stereocenters. The minimum absolute atomic E-state index is 0.0604. The average Bonchev–Trinajstić information content (AvgIpc) is 2.95. The normalized spacial score (nSPS) is 10.5. The maximum absolute atomic E-state index is 12.7. The highest BCUT2D eigenvalue weighted by molar-refractivity contribution is 7.16. The minimum Gasteiger partial charge on any atom is -0.496 e. The van der Waals surface area contributed by atoms with E-state index in [0.717, 1.165) is 21.6 Å². The van der Waals surface area contributed by atoms with E-state index in [2.05, 4.69) is 11.9 Å². The van der Waals surface area contributed by atoms with Gasteiger partial charge in [-0.15, -0.1) is 6.58 Å². The number of amides is 1. The number of nitrogens with one attached hydrogen (secondary N) is 1. The van der Waals surface area contributed by atoms with E-state index in [1.807, 2.05) is 6.07 Å². The highest BCUT2D eigenvalue weighted by Gasteiger charge is 2.18. The monoisotopic (exact) mass is 370 g/mol. The summed E-state index contributed by atoms with van der Waals surface area (Å²) in [4.78, 5) is 24.7. The minimum atomic E-state index is -0.350. The first-order chi connectivity index (χ1) is 12.6. The van der Waals surface area contributed by atoms with Gasteiger partial charge in [-0.1, -0.05) is 23.5 Å². The van der Waals surface area contributed by atoms with Crippen molar-refractivity contribution in [1.82, 2.24) is 4.57 Å². The van der Waals surface area contributed by atoms with E-state index in [9.17, 15) is 9.59 Å². The van der Waals surface area contributed by atoms with Crippen molar-refractivity contribution >= 4 is 33.1 Å². The number of carbonyl (C=O) groups excluding carboxylic acids is 1. The van der Waals surface area contributed by atoms with Crippen LogP contribution >= 0.6 is 11.3 Å². The Morgan fingerprint density at radius 3 is 2.54 bits per heavy atom. The van der Waals surface area contributed by atoms with Gasteiger partial charge in [0.15, 0.2) is 0 Å². The van der Waals surface area contributed by atoms with Crippen molar-refractivity contribution in [3.05, 3.63) is 64.3 Å². The number of nitrogens with zero attached hydrogens (tertiary/aromatic N) is 1. The van der Waals surface area contributed by atoms with Gasteiger partial charge in [-0.2, -0.15) is 0 Å². The number of benzene rings is 2. The molecule has 1 heterocycles. The van der Waals surface area contributed by atoms with Crippen LogP contribution in [0.4, 0.5) is 5.69 Å². The predicted molar refractivity (Wildman–Crippen MR) is 104 cm³/mol. The number of hydrogen-bond donors (Lipinski definition) is 1. The summed E-state index contributed by atoms with van der Waals surface area (Å²) in [6, 6.07) is 10.5. The number of rotatable bonds is 6. The van der Waals surface area contributed by atoms with Crippen molar-refractivity contribution in [2.45, 2.75) is 6.54 Å². The molecule has 3 aromatic rings. The molecule has 0 aliphatic heterocycles. The van der Waals surface area contributed by atoms with Gasteiger partial charge in [-0.3, -0.25) is 14.2 Å². The molecular weight excluding hydrogens is 352 g/mol. The van der Waals surface area contributed by atoms with Crippen LogP contribution in [0.3, 0.4) is 0 Å². The lowest BCUT2D eigenvalue weighted by atomic mass is 10.1. The fourth-order valence-electron chi connectivity index (χ4n) is 2.71. The Hall–Kier alpha value is -3.06. The summed E-state index contributed by atoms with van der Waals surface area (Å²) >= 11 is 1.13. The molecule has 0 fully saturated rings. The van der Waals surface area contributed by atoms with Crippen LogP contribution in [0.15, 0.2) is 53.8 Å². The van der Waals surface area contributed by atoms with Crippen LogP contribution in [0.1, 0.15) is 10.4 Å². The van der Waals surface area contributed by atoms with E-state index in [1.54, 1.807) is 41.0 Å². The molecule has 0 unspecified atom stereocenters. The number of hydrogen-bond acceptors (Lipinski definition) is 5. The topological polar surface area (TPSA) is 69.6 Å². The van der Waals surface area contributed by atoms with Gasteiger partial charge in [0, 0.05) is 12.2 Å². The summed E-state index contributed by atoms with van der Waals surface area (Å²) in [7, 11) is 2.99. The zero-order valence-electron chi connectivity index (χ0n) is 14.4. The van der Waals surface area contributed by atoms with Gasteiger partial charge in [-0.05, 0) is 30.3 Å². The number of ether oxygens (including phenoxy) is 2. The van der Waals surface area contributed by atoms with Gasteiger partial charge in [0.2, 0.25) is 0 Å². The second-order valence-electron chi connectivity index (χ2n) is 5.44. The predicted octanol–water partition coefficient (Wildman–Crippen LogP) is 3.52. The van der Waals surface area contributed by atoms with E-state index in [4.69, 9.17) is 9.47 Å². The van der Waals surface area contributed by atoms with Crippen molar-refractivity contribution in [3.8, 4) is 11.5 Å². The van der Waals surface area contributed by atoms with Gasteiger partial charge in [0.1, 0.15) is 17.1 Å². The molecule has 0 spiro atoms. The van der Waals surface area contributed by atoms with E-state index in [1.165, 1.54) is 14.2 Å².